The molecule has 0 spiro atoms. The molecular formula is C37H36Si. The zero-order valence-corrected chi connectivity index (χ0v) is 23.9. The molecule has 1 atom stereocenters. The smallest absolute Gasteiger partial charge is 0.0748 e. The van der Waals surface area contributed by atoms with Gasteiger partial charge in [-0.05, 0) is 81.3 Å². The van der Waals surface area contributed by atoms with Crippen molar-refractivity contribution < 1.29 is 0 Å². The van der Waals surface area contributed by atoms with Crippen LogP contribution in [0.2, 0.25) is 0 Å². The normalized spacial score (nSPS) is 15.7. The Morgan fingerprint density at radius 1 is 0.632 bits per heavy atom. The van der Waals surface area contributed by atoms with Crippen molar-refractivity contribution in [2.75, 3.05) is 0 Å². The maximum Gasteiger partial charge on any atom is 0.111 e. The van der Waals surface area contributed by atoms with Crippen LogP contribution in [0.25, 0.3) is 34.4 Å². The van der Waals surface area contributed by atoms with Crippen molar-refractivity contribution in [2.24, 2.45) is 0 Å². The van der Waals surface area contributed by atoms with Crippen LogP contribution in [0, 0.1) is 0 Å². The van der Waals surface area contributed by atoms with Gasteiger partial charge in [0.2, 0.25) is 0 Å². The van der Waals surface area contributed by atoms with Gasteiger partial charge in [-0.25, -0.2) is 0 Å². The van der Waals surface area contributed by atoms with E-state index in [2.05, 4.69) is 118 Å². The second kappa shape index (κ2) is 10.7. The van der Waals surface area contributed by atoms with Crippen molar-refractivity contribution in [1.82, 2.24) is 0 Å². The van der Waals surface area contributed by atoms with Gasteiger partial charge in [0, 0.05) is 5.92 Å². The molecule has 4 aromatic carbocycles. The van der Waals surface area contributed by atoms with Gasteiger partial charge in [-0.1, -0.05) is 135 Å². The van der Waals surface area contributed by atoms with E-state index >= 15 is 0 Å². The van der Waals surface area contributed by atoms with Crippen molar-refractivity contribution in [1.29, 1.82) is 0 Å². The van der Waals surface area contributed by atoms with Crippen molar-refractivity contribution in [2.45, 2.75) is 58.8 Å². The minimum Gasteiger partial charge on any atom is -0.0748 e. The van der Waals surface area contributed by atoms with Crippen molar-refractivity contribution >= 4 is 21.7 Å². The summed E-state index contributed by atoms with van der Waals surface area (Å²) in [5, 5.41) is 3.20. The summed E-state index contributed by atoms with van der Waals surface area (Å²) in [5.41, 5.74) is 14.4. The van der Waals surface area contributed by atoms with Gasteiger partial charge in [0.05, 0.1) is 0 Å². The van der Waals surface area contributed by atoms with Gasteiger partial charge < -0.3 is 0 Å². The van der Waals surface area contributed by atoms with E-state index < -0.39 is 0 Å². The lowest BCUT2D eigenvalue weighted by Crippen LogP contribution is -2.08. The van der Waals surface area contributed by atoms with E-state index in [0.29, 0.717) is 5.92 Å². The number of fused-ring (bicyclic) bond motifs is 2. The molecular weight excluding hydrogens is 472 g/mol. The van der Waals surface area contributed by atoms with Gasteiger partial charge >= 0.3 is 0 Å². The summed E-state index contributed by atoms with van der Waals surface area (Å²) in [4.78, 5) is 0. The monoisotopic (exact) mass is 508 g/mol. The average Bonchev–Trinajstić information content (AvgIpc) is 3.54. The molecule has 0 bridgehead atoms. The van der Waals surface area contributed by atoms with E-state index in [1.165, 1.54) is 68.5 Å². The van der Waals surface area contributed by atoms with E-state index in [-0.39, 0.29) is 0 Å². The fourth-order valence-corrected chi connectivity index (χ4v) is 8.04. The first-order valence-corrected chi connectivity index (χ1v) is 15.3. The molecule has 6 rings (SSSR count). The van der Waals surface area contributed by atoms with E-state index in [9.17, 15) is 0 Å². The van der Waals surface area contributed by atoms with Crippen LogP contribution in [0.5, 0.6) is 0 Å². The molecule has 1 heteroatoms. The first kappa shape index (κ1) is 24.9. The molecule has 0 saturated heterocycles. The Morgan fingerprint density at radius 2 is 1.24 bits per heavy atom. The fourth-order valence-electron chi connectivity index (χ4n) is 6.48. The van der Waals surface area contributed by atoms with E-state index in [1.807, 2.05) is 0 Å². The third-order valence-corrected chi connectivity index (χ3v) is 9.77. The lowest BCUT2D eigenvalue weighted by Gasteiger charge is -2.17. The molecule has 0 heterocycles. The van der Waals surface area contributed by atoms with Crippen molar-refractivity contribution in [3.05, 3.63) is 129 Å². The van der Waals surface area contributed by atoms with Crippen molar-refractivity contribution in [3.8, 4) is 22.3 Å². The van der Waals surface area contributed by atoms with Crippen LogP contribution in [0.4, 0.5) is 0 Å². The van der Waals surface area contributed by atoms with Crippen LogP contribution in [0.15, 0.2) is 95.3 Å². The highest BCUT2D eigenvalue weighted by Gasteiger charge is 2.29. The topological polar surface area (TPSA) is 0 Å². The van der Waals surface area contributed by atoms with Gasteiger partial charge in [-0.15, -0.1) is 0 Å². The summed E-state index contributed by atoms with van der Waals surface area (Å²) in [5.74, 6) is 0.534. The Balaban J connectivity index is 1.37. The highest BCUT2D eigenvalue weighted by Crippen LogP contribution is 2.45. The predicted octanol–water partition coefficient (Wildman–Crippen LogP) is 9.68. The van der Waals surface area contributed by atoms with Gasteiger partial charge in [-0.3, -0.25) is 0 Å². The Morgan fingerprint density at radius 3 is 1.89 bits per heavy atom. The minimum absolute atomic E-state index is 0.534. The fraction of sp³-hybridized carbons (Fsp3) is 0.243. The molecule has 0 aromatic heterocycles. The van der Waals surface area contributed by atoms with Gasteiger partial charge in [0.15, 0.2) is 0 Å². The first-order chi connectivity index (χ1) is 18.7. The zero-order chi connectivity index (χ0) is 26.1. The summed E-state index contributed by atoms with van der Waals surface area (Å²) in [6, 6.07) is 31.8. The second-order valence-corrected chi connectivity index (χ2v) is 12.1. The summed E-state index contributed by atoms with van der Waals surface area (Å²) in [6.07, 6.45) is 10.7. The molecule has 0 fully saturated rings. The van der Waals surface area contributed by atoms with E-state index in [0.717, 1.165) is 28.8 Å². The quantitative estimate of drug-likeness (QED) is 0.208. The Hall–Kier alpha value is -3.42. The molecule has 2 aliphatic rings. The molecule has 1 unspecified atom stereocenters. The maximum atomic E-state index is 2.56. The van der Waals surface area contributed by atoms with Gasteiger partial charge in [0.1, 0.15) is 9.52 Å². The number of hydrogen-bond donors (Lipinski definition) is 0. The molecule has 0 saturated carbocycles. The number of allylic oxidation sites excluding steroid dienone is 2. The number of rotatable bonds is 8. The zero-order valence-electron chi connectivity index (χ0n) is 22.9. The van der Waals surface area contributed by atoms with Crippen LogP contribution in [-0.4, -0.2) is 9.52 Å². The number of hydrogen-bond acceptors (Lipinski definition) is 0. The van der Waals surface area contributed by atoms with Gasteiger partial charge in [-0.2, -0.15) is 0 Å². The number of benzene rings is 4. The highest BCUT2D eigenvalue weighted by molar-refractivity contribution is 6.57. The molecule has 0 amide bonds. The third kappa shape index (κ3) is 4.44. The lowest BCUT2D eigenvalue weighted by atomic mass is 9.89. The molecule has 4 aromatic rings. The molecule has 2 radical (unpaired) electrons. The highest BCUT2D eigenvalue weighted by atomic mass is 28.2. The molecule has 0 aliphatic heterocycles. The summed E-state index contributed by atoms with van der Waals surface area (Å²) in [6.45, 7) is 6.86. The second-order valence-electron chi connectivity index (χ2n) is 10.6. The largest absolute Gasteiger partial charge is 0.111 e. The first-order valence-electron chi connectivity index (χ1n) is 14.3. The summed E-state index contributed by atoms with van der Waals surface area (Å²) in [7, 11) is 0.748. The van der Waals surface area contributed by atoms with Crippen LogP contribution >= 0.6 is 0 Å². The Kier molecular flexibility index (Phi) is 7.04. The van der Waals surface area contributed by atoms with Crippen LogP contribution in [-0.2, 0) is 19.3 Å². The van der Waals surface area contributed by atoms with Gasteiger partial charge in [0.25, 0.3) is 0 Å². The standard InChI is InChI=1S/C37H36Si/c1-4-13-34-33-21-12-20-32(30-18-10-8-15-26(30)6-3)36(33)24-37(34)38-28-22-27-16-11-19-31(35(27)23-28)29-17-9-7-14-25(29)5-2/h7-12,14-21,23-24,34H,4-6,13,22H2,1-3H3. The van der Waals surface area contributed by atoms with E-state index in [1.54, 1.807) is 10.4 Å². The maximum absolute atomic E-state index is 2.56. The van der Waals surface area contributed by atoms with Crippen LogP contribution in [0.1, 0.15) is 72.9 Å². The minimum atomic E-state index is 0.534. The Labute approximate surface area is 231 Å². The molecule has 0 nitrogen and oxygen atoms in total. The average molecular weight is 509 g/mol. The lowest BCUT2D eigenvalue weighted by molar-refractivity contribution is 0.716. The van der Waals surface area contributed by atoms with Crippen LogP contribution in [0.3, 0.4) is 0 Å². The third-order valence-electron chi connectivity index (χ3n) is 8.35. The van der Waals surface area contributed by atoms with Crippen LogP contribution < -0.4 is 0 Å². The summed E-state index contributed by atoms with van der Waals surface area (Å²) < 4.78 is 0. The number of aryl methyl sites for hydroxylation is 2. The van der Waals surface area contributed by atoms with Crippen molar-refractivity contribution in [3.63, 3.8) is 0 Å². The molecule has 38 heavy (non-hydrogen) atoms. The molecule has 188 valence electrons. The Bertz CT molecular complexity index is 1550. The molecule has 2 aliphatic carbocycles. The predicted molar refractivity (Wildman–Crippen MR) is 166 cm³/mol. The summed E-state index contributed by atoms with van der Waals surface area (Å²) >= 11 is 0. The van der Waals surface area contributed by atoms with E-state index in [4.69, 9.17) is 0 Å². The molecule has 0 N–H and O–H groups in total. The SMILES string of the molecule is CCCC1C([Si]C2=Cc3c(cccc3-c3ccccc3CC)C2)=Cc2c(-c3ccccc3CC)cccc21.